The molecule has 0 atom stereocenters. The second-order valence-electron chi connectivity index (χ2n) is 5.62. The molecule has 0 bridgehead atoms. The number of thioether (sulfide) groups is 1. The molecule has 1 aromatic rings. The first kappa shape index (κ1) is 17.0. The number of carbonyl (C=O) groups is 2. The maximum absolute atomic E-state index is 12.2. The Kier molecular flexibility index (Phi) is 5.52. The van der Waals surface area contributed by atoms with E-state index in [0.29, 0.717) is 15.0 Å². The molecule has 0 aliphatic carbocycles. The topological polar surface area (TPSA) is 58.6 Å². The SMILES string of the molecule is O=C1NC(=S)S/C1=C\c1ccccc1OCC(=O)N1CCCCC1. The summed E-state index contributed by atoms with van der Waals surface area (Å²) >= 11 is 6.21. The van der Waals surface area contributed by atoms with E-state index >= 15 is 0 Å². The Morgan fingerprint density at radius 1 is 1.29 bits per heavy atom. The van der Waals surface area contributed by atoms with Gasteiger partial charge >= 0.3 is 0 Å². The van der Waals surface area contributed by atoms with E-state index in [1.807, 2.05) is 23.1 Å². The number of piperidine rings is 1. The number of nitrogens with zero attached hydrogens (tertiary/aromatic N) is 1. The Morgan fingerprint density at radius 3 is 2.75 bits per heavy atom. The molecule has 2 saturated heterocycles. The van der Waals surface area contributed by atoms with Gasteiger partial charge in [-0.1, -0.05) is 42.2 Å². The quantitative estimate of drug-likeness (QED) is 0.659. The van der Waals surface area contributed by atoms with Crippen molar-refractivity contribution < 1.29 is 14.3 Å². The van der Waals surface area contributed by atoms with Crippen molar-refractivity contribution >= 4 is 46.2 Å². The number of ether oxygens (including phenoxy) is 1. The molecule has 2 aliphatic heterocycles. The fraction of sp³-hybridized carbons (Fsp3) is 0.353. The molecular weight excluding hydrogens is 344 g/mol. The molecule has 24 heavy (non-hydrogen) atoms. The Morgan fingerprint density at radius 2 is 2.04 bits per heavy atom. The van der Waals surface area contributed by atoms with Crippen molar-refractivity contribution in [3.05, 3.63) is 34.7 Å². The van der Waals surface area contributed by atoms with Gasteiger partial charge in [-0.05, 0) is 31.4 Å². The summed E-state index contributed by atoms with van der Waals surface area (Å²) in [7, 11) is 0. The third kappa shape index (κ3) is 4.15. The highest BCUT2D eigenvalue weighted by Crippen LogP contribution is 2.29. The van der Waals surface area contributed by atoms with Crippen LogP contribution < -0.4 is 10.1 Å². The first-order valence-corrected chi connectivity index (χ1v) is 9.10. The number of hydrogen-bond acceptors (Lipinski definition) is 5. The summed E-state index contributed by atoms with van der Waals surface area (Å²) < 4.78 is 6.16. The zero-order chi connectivity index (χ0) is 16.9. The highest BCUT2D eigenvalue weighted by molar-refractivity contribution is 8.26. The van der Waals surface area contributed by atoms with E-state index in [0.717, 1.165) is 31.5 Å². The first-order chi connectivity index (χ1) is 11.6. The molecule has 1 aromatic carbocycles. The molecule has 0 radical (unpaired) electrons. The molecule has 2 fully saturated rings. The Labute approximate surface area is 150 Å². The van der Waals surface area contributed by atoms with Crippen molar-refractivity contribution in [3.8, 4) is 5.75 Å². The summed E-state index contributed by atoms with van der Waals surface area (Å²) in [5, 5.41) is 2.59. The number of carbonyl (C=O) groups excluding carboxylic acids is 2. The number of nitrogens with one attached hydrogen (secondary N) is 1. The minimum atomic E-state index is -0.204. The van der Waals surface area contributed by atoms with E-state index in [2.05, 4.69) is 5.32 Å². The maximum Gasteiger partial charge on any atom is 0.263 e. The van der Waals surface area contributed by atoms with Gasteiger partial charge in [0.15, 0.2) is 6.61 Å². The molecule has 7 heteroatoms. The number of thiocarbonyl (C=S) groups is 1. The third-order valence-electron chi connectivity index (χ3n) is 3.91. The van der Waals surface area contributed by atoms with Gasteiger partial charge in [0.05, 0.1) is 4.91 Å². The molecule has 3 rings (SSSR count). The molecule has 0 aromatic heterocycles. The molecule has 0 spiro atoms. The van der Waals surface area contributed by atoms with Crippen molar-refractivity contribution in [1.82, 2.24) is 10.2 Å². The van der Waals surface area contributed by atoms with Crippen molar-refractivity contribution in [2.75, 3.05) is 19.7 Å². The van der Waals surface area contributed by atoms with Crippen LogP contribution in [0.3, 0.4) is 0 Å². The lowest BCUT2D eigenvalue weighted by atomic mass is 10.1. The standard InChI is InChI=1S/C17H18N2O3S2/c20-15(19-8-4-1-5-9-19)11-22-13-7-3-2-6-12(13)10-14-16(21)18-17(23)24-14/h2-3,6-7,10H,1,4-5,8-9,11H2,(H,18,21,23)/b14-10-. The van der Waals surface area contributed by atoms with Crippen LogP contribution >= 0.6 is 24.0 Å². The van der Waals surface area contributed by atoms with E-state index in [1.165, 1.54) is 18.2 Å². The van der Waals surface area contributed by atoms with Crippen molar-refractivity contribution in [1.29, 1.82) is 0 Å². The summed E-state index contributed by atoms with van der Waals surface area (Å²) in [5.74, 6) is 0.386. The second kappa shape index (κ2) is 7.81. The zero-order valence-corrected chi connectivity index (χ0v) is 14.8. The van der Waals surface area contributed by atoms with Crippen LogP contribution in [0, 0.1) is 0 Å². The summed E-state index contributed by atoms with van der Waals surface area (Å²) in [6, 6.07) is 7.35. The predicted octanol–water partition coefficient (Wildman–Crippen LogP) is 2.57. The van der Waals surface area contributed by atoms with E-state index in [9.17, 15) is 9.59 Å². The molecule has 0 saturated carbocycles. The van der Waals surface area contributed by atoms with Crippen molar-refractivity contribution in [3.63, 3.8) is 0 Å². The smallest absolute Gasteiger partial charge is 0.263 e. The monoisotopic (exact) mass is 362 g/mol. The summed E-state index contributed by atoms with van der Waals surface area (Å²) in [4.78, 5) is 26.4. The fourth-order valence-corrected chi connectivity index (χ4v) is 3.70. The molecule has 2 heterocycles. The average Bonchev–Trinajstić information content (AvgIpc) is 2.92. The summed E-state index contributed by atoms with van der Waals surface area (Å²) in [5.41, 5.74) is 0.756. The van der Waals surface area contributed by atoms with Crippen LogP contribution in [0.4, 0.5) is 0 Å². The molecule has 5 nitrogen and oxygen atoms in total. The van der Waals surface area contributed by atoms with Crippen LogP contribution in [0.25, 0.3) is 6.08 Å². The minimum absolute atomic E-state index is 0.00585. The van der Waals surface area contributed by atoms with E-state index < -0.39 is 0 Å². The van der Waals surface area contributed by atoms with Gasteiger partial charge in [-0.15, -0.1) is 0 Å². The van der Waals surface area contributed by atoms with Crippen molar-refractivity contribution in [2.45, 2.75) is 19.3 Å². The van der Waals surface area contributed by atoms with Crippen LogP contribution in [-0.4, -0.2) is 40.7 Å². The number of para-hydroxylation sites is 1. The highest BCUT2D eigenvalue weighted by Gasteiger charge is 2.23. The maximum atomic E-state index is 12.2. The summed E-state index contributed by atoms with van der Waals surface area (Å²) in [6.07, 6.45) is 5.03. The Bertz CT molecular complexity index is 697. The predicted molar refractivity (Wildman–Crippen MR) is 98.7 cm³/mol. The van der Waals surface area contributed by atoms with Gasteiger partial charge in [-0.3, -0.25) is 9.59 Å². The number of rotatable bonds is 4. The van der Waals surface area contributed by atoms with Crippen LogP contribution in [0.5, 0.6) is 5.75 Å². The van der Waals surface area contributed by atoms with E-state index in [1.54, 1.807) is 12.1 Å². The fourth-order valence-electron chi connectivity index (χ4n) is 2.67. The number of amides is 2. The molecule has 0 unspecified atom stereocenters. The second-order valence-corrected chi connectivity index (χ2v) is 7.34. The molecule has 126 valence electrons. The van der Waals surface area contributed by atoms with E-state index in [-0.39, 0.29) is 18.4 Å². The van der Waals surface area contributed by atoms with Gasteiger partial charge in [0.2, 0.25) is 0 Å². The lowest BCUT2D eigenvalue weighted by Gasteiger charge is -2.26. The molecule has 2 amide bonds. The van der Waals surface area contributed by atoms with Gasteiger partial charge in [0.25, 0.3) is 11.8 Å². The van der Waals surface area contributed by atoms with Gasteiger partial charge in [-0.2, -0.15) is 0 Å². The third-order valence-corrected chi connectivity index (χ3v) is 5.07. The van der Waals surface area contributed by atoms with Gasteiger partial charge in [0.1, 0.15) is 10.1 Å². The van der Waals surface area contributed by atoms with Crippen LogP contribution in [-0.2, 0) is 9.59 Å². The first-order valence-electron chi connectivity index (χ1n) is 7.88. The van der Waals surface area contributed by atoms with Crippen LogP contribution in [0.2, 0.25) is 0 Å². The zero-order valence-electron chi connectivity index (χ0n) is 13.1. The molecule has 2 aliphatic rings. The van der Waals surface area contributed by atoms with Crippen molar-refractivity contribution in [2.24, 2.45) is 0 Å². The number of benzene rings is 1. The average molecular weight is 362 g/mol. The van der Waals surface area contributed by atoms with Gasteiger partial charge in [0, 0.05) is 18.7 Å². The van der Waals surface area contributed by atoms with Gasteiger partial charge < -0.3 is 15.0 Å². The largest absolute Gasteiger partial charge is 0.483 e. The lowest BCUT2D eigenvalue weighted by molar-refractivity contribution is -0.134. The minimum Gasteiger partial charge on any atom is -0.483 e. The van der Waals surface area contributed by atoms with E-state index in [4.69, 9.17) is 17.0 Å². The number of likely N-dealkylation sites (tertiary alicyclic amines) is 1. The molecule has 1 N–H and O–H groups in total. The summed E-state index contributed by atoms with van der Waals surface area (Å²) in [6.45, 7) is 1.63. The normalized spacial score (nSPS) is 19.5. The Hall–Kier alpha value is -1.86. The number of hydrogen-bond donors (Lipinski definition) is 1. The van der Waals surface area contributed by atoms with Crippen LogP contribution in [0.1, 0.15) is 24.8 Å². The van der Waals surface area contributed by atoms with Crippen LogP contribution in [0.15, 0.2) is 29.2 Å². The Balaban J connectivity index is 1.68. The molecular formula is C17H18N2O3S2. The highest BCUT2D eigenvalue weighted by atomic mass is 32.2. The van der Waals surface area contributed by atoms with Gasteiger partial charge in [-0.25, -0.2) is 0 Å². The lowest BCUT2D eigenvalue weighted by Crippen LogP contribution is -2.38.